The van der Waals surface area contributed by atoms with E-state index in [1.54, 1.807) is 16.7 Å². The van der Waals surface area contributed by atoms with Gasteiger partial charge in [-0.1, -0.05) is 6.92 Å². The van der Waals surface area contributed by atoms with Crippen LogP contribution in [0.2, 0.25) is 0 Å². The largest absolute Gasteiger partial charge is 0.449 e. The van der Waals surface area contributed by atoms with E-state index in [2.05, 4.69) is 0 Å². The molecular weight excluding hydrogens is 368 g/mol. The van der Waals surface area contributed by atoms with Gasteiger partial charge < -0.3 is 30.7 Å². The second kappa shape index (κ2) is 5.81. The van der Waals surface area contributed by atoms with Crippen molar-refractivity contribution in [2.24, 2.45) is 17.4 Å². The van der Waals surface area contributed by atoms with E-state index in [1.807, 2.05) is 0 Å². The summed E-state index contributed by atoms with van der Waals surface area (Å²) in [6, 6.07) is -0.497. The van der Waals surface area contributed by atoms with Crippen molar-refractivity contribution >= 4 is 23.6 Å². The van der Waals surface area contributed by atoms with E-state index in [1.165, 1.54) is 14.0 Å². The average Bonchev–Trinajstić information content (AvgIpc) is 3.17. The van der Waals surface area contributed by atoms with Gasteiger partial charge in [0.25, 0.3) is 0 Å². The molecule has 4 atom stereocenters. The lowest BCUT2D eigenvalue weighted by atomic mass is 9.82. The van der Waals surface area contributed by atoms with Crippen LogP contribution in [0.15, 0.2) is 22.5 Å². The van der Waals surface area contributed by atoms with E-state index in [9.17, 15) is 19.2 Å². The number of primary amides is 1. The van der Waals surface area contributed by atoms with Gasteiger partial charge in [-0.3, -0.25) is 14.4 Å². The third-order valence-corrected chi connectivity index (χ3v) is 6.28. The molecule has 0 aromatic heterocycles. The Morgan fingerprint density at radius 2 is 1.96 bits per heavy atom. The number of methoxy groups -OCH3 is 1. The quantitative estimate of drug-likeness (QED) is 0.459. The molecular formula is C18H22N4O6. The van der Waals surface area contributed by atoms with Crippen LogP contribution >= 0.6 is 0 Å². The molecule has 0 aromatic rings. The molecule has 2 amide bonds. The van der Waals surface area contributed by atoms with E-state index in [-0.39, 0.29) is 52.9 Å². The van der Waals surface area contributed by atoms with Gasteiger partial charge in [-0.05, 0) is 6.92 Å². The van der Waals surface area contributed by atoms with Crippen LogP contribution in [0.25, 0.3) is 0 Å². The maximum Gasteiger partial charge on any atom is 0.404 e. The topological polar surface area (TPSA) is 145 Å². The number of ether oxygens (including phenoxy) is 2. The smallest absolute Gasteiger partial charge is 0.404 e. The molecule has 2 fully saturated rings. The summed E-state index contributed by atoms with van der Waals surface area (Å²) in [5.74, 6) is -1.68. The van der Waals surface area contributed by atoms with Gasteiger partial charge in [0.15, 0.2) is 5.72 Å². The number of carbonyl (C=O) groups excluding carboxylic acids is 4. The number of carbonyl (C=O) groups is 4. The van der Waals surface area contributed by atoms with Gasteiger partial charge in [-0.15, -0.1) is 0 Å². The summed E-state index contributed by atoms with van der Waals surface area (Å²) >= 11 is 0. The molecule has 0 spiro atoms. The molecule has 0 bridgehead atoms. The van der Waals surface area contributed by atoms with Crippen LogP contribution < -0.4 is 11.5 Å². The van der Waals surface area contributed by atoms with Gasteiger partial charge in [0, 0.05) is 31.2 Å². The molecule has 150 valence electrons. The van der Waals surface area contributed by atoms with Crippen LogP contribution in [0.3, 0.4) is 0 Å². The molecule has 0 radical (unpaired) electrons. The third kappa shape index (κ3) is 2.00. The molecule has 2 saturated heterocycles. The first kappa shape index (κ1) is 18.5. The number of allylic oxidation sites excluding steroid dienone is 2. The van der Waals surface area contributed by atoms with Crippen molar-refractivity contribution in [3.05, 3.63) is 22.5 Å². The highest BCUT2D eigenvalue weighted by Gasteiger charge is 2.77. The molecule has 4 rings (SSSR count). The first-order valence-electron chi connectivity index (χ1n) is 9.08. The Morgan fingerprint density at radius 1 is 1.29 bits per heavy atom. The molecule has 0 saturated carbocycles. The summed E-state index contributed by atoms with van der Waals surface area (Å²) in [5.41, 5.74) is 10.2. The summed E-state index contributed by atoms with van der Waals surface area (Å²) in [6.07, 6.45) is -0.679. The number of nitrogens with zero attached hydrogens (tertiary/aromatic N) is 2. The Labute approximate surface area is 161 Å². The predicted octanol–water partition coefficient (Wildman–Crippen LogP) is -1.00. The molecule has 4 aliphatic rings. The van der Waals surface area contributed by atoms with Gasteiger partial charge in [-0.25, -0.2) is 4.79 Å². The van der Waals surface area contributed by atoms with Crippen molar-refractivity contribution in [2.45, 2.75) is 38.1 Å². The van der Waals surface area contributed by atoms with Crippen molar-refractivity contribution in [2.75, 3.05) is 20.3 Å². The fourth-order valence-corrected chi connectivity index (χ4v) is 5.00. The second-order valence-corrected chi connectivity index (χ2v) is 7.38. The lowest BCUT2D eigenvalue weighted by Gasteiger charge is -2.41. The Hall–Kier alpha value is -2.88. The van der Waals surface area contributed by atoms with Crippen LogP contribution in [0.1, 0.15) is 20.3 Å². The van der Waals surface area contributed by atoms with Crippen molar-refractivity contribution in [1.29, 1.82) is 0 Å². The molecule has 28 heavy (non-hydrogen) atoms. The normalized spacial score (nSPS) is 33.2. The maximum absolute atomic E-state index is 13.0. The Balaban J connectivity index is 1.82. The highest BCUT2D eigenvalue weighted by molar-refractivity contribution is 6.25. The number of hydrogen-bond acceptors (Lipinski definition) is 8. The van der Waals surface area contributed by atoms with E-state index in [4.69, 9.17) is 20.9 Å². The summed E-state index contributed by atoms with van der Waals surface area (Å²) < 4.78 is 10.9. The van der Waals surface area contributed by atoms with E-state index in [0.29, 0.717) is 13.0 Å². The van der Waals surface area contributed by atoms with Crippen molar-refractivity contribution in [3.8, 4) is 0 Å². The van der Waals surface area contributed by atoms with Gasteiger partial charge in [-0.2, -0.15) is 0 Å². The minimum atomic E-state index is -1.19. The number of Topliss-reactive ketones (excluding diaryl/α,β-unsaturated/α-hetero) is 2. The van der Waals surface area contributed by atoms with Gasteiger partial charge in [0.2, 0.25) is 17.5 Å². The number of fused-ring (bicyclic) bond motifs is 4. The number of piperazine rings is 1. The number of ketones is 2. The van der Waals surface area contributed by atoms with Crippen LogP contribution in [0.4, 0.5) is 4.79 Å². The van der Waals surface area contributed by atoms with Crippen LogP contribution in [0.5, 0.6) is 0 Å². The van der Waals surface area contributed by atoms with Crippen LogP contribution in [-0.4, -0.2) is 71.4 Å². The van der Waals surface area contributed by atoms with E-state index >= 15 is 0 Å². The maximum atomic E-state index is 13.0. The molecule has 1 aliphatic carbocycles. The Morgan fingerprint density at radius 3 is 2.54 bits per heavy atom. The molecule has 10 heteroatoms. The van der Waals surface area contributed by atoms with Crippen molar-refractivity contribution in [3.63, 3.8) is 0 Å². The van der Waals surface area contributed by atoms with Gasteiger partial charge >= 0.3 is 6.09 Å². The van der Waals surface area contributed by atoms with Crippen LogP contribution in [0, 0.1) is 5.92 Å². The minimum Gasteiger partial charge on any atom is -0.449 e. The number of nitrogens with two attached hydrogens (primary N) is 2. The lowest BCUT2D eigenvalue weighted by Crippen LogP contribution is -2.56. The molecule has 10 nitrogen and oxygen atoms in total. The van der Waals surface area contributed by atoms with E-state index in [0.717, 1.165) is 0 Å². The lowest BCUT2D eigenvalue weighted by molar-refractivity contribution is -0.153. The van der Waals surface area contributed by atoms with Crippen molar-refractivity contribution in [1.82, 2.24) is 9.80 Å². The zero-order valence-electron chi connectivity index (χ0n) is 15.9. The summed E-state index contributed by atoms with van der Waals surface area (Å²) in [4.78, 5) is 53.0. The van der Waals surface area contributed by atoms with Gasteiger partial charge in [0.1, 0.15) is 12.6 Å². The highest BCUT2D eigenvalue weighted by atomic mass is 16.6. The Bertz CT molecular complexity index is 893. The average molecular weight is 390 g/mol. The standard InChI is InChI=1S/C18H22N4O6/c1-4-10(23)22-9-5-21-13-11(15(25)12(19)7(2)14(13)24)8(6-28-17(20)26)18(21,27-3)16(9)22/h8-9,16H,4-6,19H2,1-3H3,(H2,20,26). The molecule has 3 heterocycles. The Kier molecular flexibility index (Phi) is 3.83. The number of amides is 2. The number of rotatable bonds is 4. The summed E-state index contributed by atoms with van der Waals surface area (Å²) in [6.45, 7) is 3.36. The second-order valence-electron chi connectivity index (χ2n) is 7.38. The van der Waals surface area contributed by atoms with E-state index < -0.39 is 23.5 Å². The molecule has 4 unspecified atom stereocenters. The third-order valence-electron chi connectivity index (χ3n) is 6.28. The predicted molar refractivity (Wildman–Crippen MR) is 94.1 cm³/mol. The number of hydrogen-bond donors (Lipinski definition) is 2. The van der Waals surface area contributed by atoms with Gasteiger partial charge in [0.05, 0.1) is 23.4 Å². The minimum absolute atomic E-state index is 0.0445. The van der Waals surface area contributed by atoms with Crippen LogP contribution in [-0.2, 0) is 23.9 Å². The molecule has 3 aliphatic heterocycles. The highest BCUT2D eigenvalue weighted by Crippen LogP contribution is 2.59. The molecule has 0 aromatic carbocycles. The summed E-state index contributed by atoms with van der Waals surface area (Å²) in [7, 11) is 1.45. The summed E-state index contributed by atoms with van der Waals surface area (Å²) in [5, 5.41) is 0. The zero-order chi connectivity index (χ0) is 20.5. The molecule has 4 N–H and O–H groups in total. The fourth-order valence-electron chi connectivity index (χ4n) is 5.00. The monoisotopic (exact) mass is 390 g/mol. The first-order chi connectivity index (χ1) is 13.2. The SMILES string of the molecule is CCC(=O)N1C2CN3C4=C(C(=O)C(N)=C(C)C4=O)C(COC(N)=O)C3(OC)C21. The zero-order valence-corrected chi connectivity index (χ0v) is 15.9. The fraction of sp³-hybridized carbons (Fsp3) is 0.556. The first-order valence-corrected chi connectivity index (χ1v) is 9.08. The van der Waals surface area contributed by atoms with Crippen molar-refractivity contribution < 1.29 is 28.7 Å².